The van der Waals surface area contributed by atoms with Gasteiger partial charge in [0.25, 0.3) is 5.91 Å². The third-order valence-electron chi connectivity index (χ3n) is 4.41. The van der Waals surface area contributed by atoms with Gasteiger partial charge in [0.05, 0.1) is 10.6 Å². The highest BCUT2D eigenvalue weighted by Gasteiger charge is 2.20. The number of nitrogens with zero attached hydrogens (tertiary/aromatic N) is 3. The molecule has 31 heavy (non-hydrogen) atoms. The van der Waals surface area contributed by atoms with Gasteiger partial charge in [-0.2, -0.15) is 0 Å². The van der Waals surface area contributed by atoms with Crippen LogP contribution in [0.3, 0.4) is 0 Å². The van der Waals surface area contributed by atoms with E-state index in [9.17, 15) is 14.0 Å². The van der Waals surface area contributed by atoms with Crippen molar-refractivity contribution in [2.24, 2.45) is 0 Å². The van der Waals surface area contributed by atoms with Crippen molar-refractivity contribution in [2.45, 2.75) is 13.8 Å². The number of carbonyl (C=O) groups excluding carboxylic acids is 2. The Morgan fingerprint density at radius 2 is 1.90 bits per heavy atom. The molecule has 4 aromatic rings. The molecule has 2 aromatic heterocycles. The summed E-state index contributed by atoms with van der Waals surface area (Å²) in [6, 6.07) is 14.8. The molecule has 2 amide bonds. The van der Waals surface area contributed by atoms with Crippen molar-refractivity contribution in [3.8, 4) is 16.4 Å². The van der Waals surface area contributed by atoms with E-state index in [1.165, 1.54) is 35.1 Å². The Hall–Kier alpha value is -3.85. The van der Waals surface area contributed by atoms with E-state index >= 15 is 0 Å². The zero-order valence-electron chi connectivity index (χ0n) is 16.7. The first-order chi connectivity index (χ1) is 14.9. The summed E-state index contributed by atoms with van der Waals surface area (Å²) in [5, 5.41) is 11.7. The van der Waals surface area contributed by atoms with E-state index in [1.54, 1.807) is 30.3 Å². The predicted molar refractivity (Wildman–Crippen MR) is 118 cm³/mol. The first-order valence-corrected chi connectivity index (χ1v) is 10.2. The van der Waals surface area contributed by atoms with Gasteiger partial charge in [0.15, 0.2) is 5.82 Å². The highest BCUT2D eigenvalue weighted by molar-refractivity contribution is 7.13. The number of hydrogen-bond acceptors (Lipinski definition) is 5. The zero-order valence-corrected chi connectivity index (χ0v) is 17.5. The summed E-state index contributed by atoms with van der Waals surface area (Å²) >= 11 is 1.44. The van der Waals surface area contributed by atoms with Crippen molar-refractivity contribution in [1.82, 2.24) is 14.8 Å². The number of nitrogens with one attached hydrogen (secondary N) is 2. The van der Waals surface area contributed by atoms with Gasteiger partial charge in [-0.05, 0) is 54.3 Å². The molecule has 4 rings (SSSR count). The molecule has 0 spiro atoms. The second-order valence-electron chi connectivity index (χ2n) is 6.79. The van der Waals surface area contributed by atoms with E-state index in [1.807, 2.05) is 24.4 Å². The number of benzene rings is 2. The van der Waals surface area contributed by atoms with E-state index in [-0.39, 0.29) is 11.7 Å². The molecule has 2 heterocycles. The fraction of sp³-hybridized carbons (Fsp3) is 0.0909. The van der Waals surface area contributed by atoms with Crippen LogP contribution in [0.2, 0.25) is 0 Å². The lowest BCUT2D eigenvalue weighted by Gasteiger charge is -2.09. The van der Waals surface area contributed by atoms with Gasteiger partial charge in [-0.15, -0.1) is 16.4 Å². The quantitative estimate of drug-likeness (QED) is 0.477. The van der Waals surface area contributed by atoms with Gasteiger partial charge < -0.3 is 10.6 Å². The largest absolute Gasteiger partial charge is 0.326 e. The molecule has 0 aliphatic heterocycles. The average molecular weight is 435 g/mol. The Bertz CT molecular complexity index is 1270. The molecule has 9 heteroatoms. The van der Waals surface area contributed by atoms with Crippen LogP contribution in [0.15, 0.2) is 60.0 Å². The van der Waals surface area contributed by atoms with Crippen LogP contribution < -0.4 is 10.6 Å². The van der Waals surface area contributed by atoms with Crippen molar-refractivity contribution in [2.75, 3.05) is 10.6 Å². The molecular formula is C22H18FN5O2S. The van der Waals surface area contributed by atoms with Crippen molar-refractivity contribution < 1.29 is 14.0 Å². The predicted octanol–water partition coefficient (Wildman–Crippen LogP) is 4.65. The highest BCUT2D eigenvalue weighted by Crippen LogP contribution is 2.26. The number of anilines is 2. The van der Waals surface area contributed by atoms with Crippen LogP contribution in [0.1, 0.15) is 23.1 Å². The normalized spacial score (nSPS) is 10.7. The van der Waals surface area contributed by atoms with Crippen LogP contribution in [0, 0.1) is 12.7 Å². The maximum absolute atomic E-state index is 13.8. The SMILES string of the molecule is CC(=O)Nc1cc(NC(=O)c2nc(-c3cccs3)n(-c3cccc(F)c3)n2)ccc1C. The summed E-state index contributed by atoms with van der Waals surface area (Å²) in [6.45, 7) is 3.27. The van der Waals surface area contributed by atoms with Crippen LogP contribution in [0.25, 0.3) is 16.4 Å². The number of rotatable bonds is 5. The fourth-order valence-corrected chi connectivity index (χ4v) is 3.67. The third kappa shape index (κ3) is 4.51. The molecule has 0 saturated heterocycles. The van der Waals surface area contributed by atoms with Crippen molar-refractivity contribution in [1.29, 1.82) is 0 Å². The highest BCUT2D eigenvalue weighted by atomic mass is 32.1. The van der Waals surface area contributed by atoms with Crippen LogP contribution in [0.4, 0.5) is 15.8 Å². The molecule has 0 bridgehead atoms. The topological polar surface area (TPSA) is 88.9 Å². The molecule has 0 aliphatic rings. The van der Waals surface area contributed by atoms with Gasteiger partial charge in [0, 0.05) is 18.3 Å². The summed E-state index contributed by atoms with van der Waals surface area (Å²) in [4.78, 5) is 29.4. The Kier molecular flexibility index (Phi) is 5.59. The summed E-state index contributed by atoms with van der Waals surface area (Å²) < 4.78 is 15.2. The number of thiophene rings is 1. The maximum Gasteiger partial charge on any atom is 0.295 e. The first kappa shape index (κ1) is 20.4. The maximum atomic E-state index is 13.8. The monoisotopic (exact) mass is 435 g/mol. The lowest BCUT2D eigenvalue weighted by Crippen LogP contribution is -2.15. The van der Waals surface area contributed by atoms with E-state index in [2.05, 4.69) is 20.7 Å². The van der Waals surface area contributed by atoms with Gasteiger partial charge in [0.2, 0.25) is 11.7 Å². The van der Waals surface area contributed by atoms with E-state index in [4.69, 9.17) is 0 Å². The summed E-state index contributed by atoms with van der Waals surface area (Å²) in [5.41, 5.74) is 2.40. The summed E-state index contributed by atoms with van der Waals surface area (Å²) in [6.07, 6.45) is 0. The minimum Gasteiger partial charge on any atom is -0.326 e. The number of halogens is 1. The lowest BCUT2D eigenvalue weighted by atomic mass is 10.1. The minimum absolute atomic E-state index is 0.0608. The number of amides is 2. The second kappa shape index (κ2) is 8.49. The number of aryl methyl sites for hydroxylation is 1. The molecule has 0 radical (unpaired) electrons. The molecule has 0 atom stereocenters. The second-order valence-corrected chi connectivity index (χ2v) is 7.74. The first-order valence-electron chi connectivity index (χ1n) is 9.37. The van der Waals surface area contributed by atoms with Crippen molar-refractivity contribution in [3.05, 3.63) is 77.2 Å². The smallest absolute Gasteiger partial charge is 0.295 e. The van der Waals surface area contributed by atoms with Gasteiger partial charge in [0.1, 0.15) is 5.82 Å². The molecule has 0 aliphatic carbocycles. The van der Waals surface area contributed by atoms with Crippen LogP contribution in [0.5, 0.6) is 0 Å². The number of carbonyl (C=O) groups is 2. The van der Waals surface area contributed by atoms with Gasteiger partial charge >= 0.3 is 0 Å². The van der Waals surface area contributed by atoms with Gasteiger partial charge in [-0.3, -0.25) is 9.59 Å². The summed E-state index contributed by atoms with van der Waals surface area (Å²) in [5.74, 6) is -0.766. The molecule has 2 N–H and O–H groups in total. The molecule has 0 fully saturated rings. The molecule has 156 valence electrons. The minimum atomic E-state index is -0.523. The standard InChI is InChI=1S/C22H18FN5O2S/c1-13-8-9-16(12-18(13)24-14(2)29)25-22(30)20-26-21(19-7-4-10-31-19)28(27-20)17-6-3-5-15(23)11-17/h3-12H,1-2H3,(H,24,29)(H,25,30). The number of aromatic nitrogens is 3. The van der Waals surface area contributed by atoms with Crippen molar-refractivity contribution in [3.63, 3.8) is 0 Å². The average Bonchev–Trinajstić information content (AvgIpc) is 3.39. The Labute approximate surface area is 181 Å². The van der Waals surface area contributed by atoms with Crippen LogP contribution in [-0.2, 0) is 4.79 Å². The van der Waals surface area contributed by atoms with Crippen molar-refractivity contribution >= 4 is 34.5 Å². The molecule has 7 nitrogen and oxygen atoms in total. The zero-order chi connectivity index (χ0) is 22.0. The molecule has 0 saturated carbocycles. The lowest BCUT2D eigenvalue weighted by molar-refractivity contribution is -0.114. The van der Waals surface area contributed by atoms with E-state index in [0.717, 1.165) is 10.4 Å². The van der Waals surface area contributed by atoms with Crippen LogP contribution in [-0.4, -0.2) is 26.6 Å². The van der Waals surface area contributed by atoms with Gasteiger partial charge in [-0.25, -0.2) is 14.1 Å². The van der Waals surface area contributed by atoms with E-state index < -0.39 is 11.7 Å². The number of hydrogen-bond donors (Lipinski definition) is 2. The molecule has 0 unspecified atom stereocenters. The van der Waals surface area contributed by atoms with E-state index in [0.29, 0.717) is 22.9 Å². The fourth-order valence-electron chi connectivity index (χ4n) is 2.97. The molecule has 2 aromatic carbocycles. The van der Waals surface area contributed by atoms with Crippen LogP contribution >= 0.6 is 11.3 Å². The third-order valence-corrected chi connectivity index (χ3v) is 5.28. The Morgan fingerprint density at radius 3 is 2.61 bits per heavy atom. The Morgan fingerprint density at radius 1 is 1.06 bits per heavy atom. The summed E-state index contributed by atoms with van der Waals surface area (Å²) in [7, 11) is 0. The van der Waals surface area contributed by atoms with Gasteiger partial charge in [-0.1, -0.05) is 18.2 Å². The Balaban J connectivity index is 1.68. The molecular weight excluding hydrogens is 417 g/mol.